The van der Waals surface area contributed by atoms with Crippen LogP contribution in [0, 0.1) is 0 Å². The molecule has 88 valence electrons. The van der Waals surface area contributed by atoms with Gasteiger partial charge >= 0.3 is 0 Å². The number of hydrogen-bond acceptors (Lipinski definition) is 3. The topological polar surface area (TPSA) is 46.3 Å². The quantitative estimate of drug-likeness (QED) is 0.748. The molecule has 1 aliphatic heterocycles. The number of rotatable bonds is 2. The summed E-state index contributed by atoms with van der Waals surface area (Å²) in [6, 6.07) is 1.73. The van der Waals surface area contributed by atoms with E-state index in [9.17, 15) is 4.79 Å². The van der Waals surface area contributed by atoms with Gasteiger partial charge in [-0.25, -0.2) is 0 Å². The molecule has 4 nitrogen and oxygen atoms in total. The third kappa shape index (κ3) is 2.38. The standard InChI is InChI=1S/C11H15ClN2O2/c12-8-9-4-2-1-3-6-14(9)11(15)10-5-7-16-13-10/h5,7,9H,1-4,6,8H2. The van der Waals surface area contributed by atoms with Crippen molar-refractivity contribution in [1.82, 2.24) is 10.1 Å². The number of nitrogens with zero attached hydrogens (tertiary/aromatic N) is 2. The summed E-state index contributed by atoms with van der Waals surface area (Å²) in [5, 5.41) is 3.68. The molecular weight excluding hydrogens is 228 g/mol. The summed E-state index contributed by atoms with van der Waals surface area (Å²) in [6.45, 7) is 0.767. The van der Waals surface area contributed by atoms with Crippen molar-refractivity contribution in [2.75, 3.05) is 12.4 Å². The summed E-state index contributed by atoms with van der Waals surface area (Å²) in [7, 11) is 0. The molecule has 5 heteroatoms. The lowest BCUT2D eigenvalue weighted by atomic mass is 10.1. The molecule has 0 spiro atoms. The van der Waals surface area contributed by atoms with Crippen LogP contribution in [0.2, 0.25) is 0 Å². The van der Waals surface area contributed by atoms with Gasteiger partial charge in [-0.3, -0.25) is 4.79 Å². The molecule has 0 aromatic carbocycles. The van der Waals surface area contributed by atoms with E-state index >= 15 is 0 Å². The summed E-state index contributed by atoms with van der Waals surface area (Å²) >= 11 is 5.92. The highest BCUT2D eigenvalue weighted by molar-refractivity contribution is 6.18. The predicted octanol–water partition coefficient (Wildman–Crippen LogP) is 2.30. The van der Waals surface area contributed by atoms with Gasteiger partial charge in [0.1, 0.15) is 6.26 Å². The maximum absolute atomic E-state index is 12.1. The first kappa shape index (κ1) is 11.5. The number of carbonyl (C=O) groups excluding carboxylic acids is 1. The second-order valence-corrected chi connectivity index (χ2v) is 4.35. The smallest absolute Gasteiger partial charge is 0.276 e. The predicted molar refractivity (Wildman–Crippen MR) is 60.5 cm³/mol. The Kier molecular flexibility index (Phi) is 3.83. The van der Waals surface area contributed by atoms with E-state index in [-0.39, 0.29) is 11.9 Å². The molecule has 1 amide bonds. The second-order valence-electron chi connectivity index (χ2n) is 4.04. The summed E-state index contributed by atoms with van der Waals surface area (Å²) in [5.74, 6) is 0.421. The molecule has 1 unspecified atom stereocenters. The van der Waals surface area contributed by atoms with Crippen molar-refractivity contribution in [3.8, 4) is 0 Å². The van der Waals surface area contributed by atoms with Gasteiger partial charge in [0, 0.05) is 24.5 Å². The fraction of sp³-hybridized carbons (Fsp3) is 0.636. The minimum Gasteiger partial charge on any atom is -0.364 e. The number of carbonyl (C=O) groups is 1. The van der Waals surface area contributed by atoms with Crippen LogP contribution in [-0.2, 0) is 0 Å². The number of alkyl halides is 1. The molecule has 1 aliphatic rings. The zero-order valence-electron chi connectivity index (χ0n) is 9.06. The molecule has 16 heavy (non-hydrogen) atoms. The molecule has 1 atom stereocenters. The molecule has 0 N–H and O–H groups in total. The molecule has 2 rings (SSSR count). The van der Waals surface area contributed by atoms with E-state index in [0.717, 1.165) is 32.2 Å². The lowest BCUT2D eigenvalue weighted by Crippen LogP contribution is -2.41. The number of aromatic nitrogens is 1. The highest BCUT2D eigenvalue weighted by atomic mass is 35.5. The van der Waals surface area contributed by atoms with E-state index < -0.39 is 0 Å². The number of halogens is 1. The van der Waals surface area contributed by atoms with Crippen LogP contribution in [0.25, 0.3) is 0 Å². The normalized spacial score (nSPS) is 21.8. The fourth-order valence-electron chi connectivity index (χ4n) is 2.08. The average Bonchev–Trinajstić information content (AvgIpc) is 2.73. The SMILES string of the molecule is O=C(c1ccon1)N1CCCCCC1CCl. The van der Waals surface area contributed by atoms with Crippen LogP contribution in [0.5, 0.6) is 0 Å². The maximum Gasteiger partial charge on any atom is 0.276 e. The van der Waals surface area contributed by atoms with Gasteiger partial charge < -0.3 is 9.42 Å². The van der Waals surface area contributed by atoms with Crippen LogP contribution < -0.4 is 0 Å². The first-order valence-electron chi connectivity index (χ1n) is 5.60. The van der Waals surface area contributed by atoms with Crippen molar-refractivity contribution in [3.63, 3.8) is 0 Å². The van der Waals surface area contributed by atoms with E-state index in [4.69, 9.17) is 16.1 Å². The summed E-state index contributed by atoms with van der Waals surface area (Å²) in [4.78, 5) is 14.0. The van der Waals surface area contributed by atoms with Crippen LogP contribution >= 0.6 is 11.6 Å². The Morgan fingerprint density at radius 3 is 3.12 bits per heavy atom. The third-order valence-corrected chi connectivity index (χ3v) is 3.33. The number of amides is 1. The van der Waals surface area contributed by atoms with Crippen molar-refractivity contribution in [2.45, 2.75) is 31.7 Å². The molecule has 1 aromatic rings. The van der Waals surface area contributed by atoms with Gasteiger partial charge in [0.05, 0.1) is 0 Å². The Bertz CT molecular complexity index is 340. The van der Waals surface area contributed by atoms with Gasteiger partial charge in [0.2, 0.25) is 0 Å². The fourth-order valence-corrected chi connectivity index (χ4v) is 2.40. The first-order valence-corrected chi connectivity index (χ1v) is 6.13. The van der Waals surface area contributed by atoms with Crippen LogP contribution in [0.15, 0.2) is 16.9 Å². The van der Waals surface area contributed by atoms with Gasteiger partial charge in [0.15, 0.2) is 5.69 Å². The largest absolute Gasteiger partial charge is 0.364 e. The van der Waals surface area contributed by atoms with Crippen LogP contribution in [0.1, 0.15) is 36.2 Å². The molecular formula is C11H15ClN2O2. The van der Waals surface area contributed by atoms with Gasteiger partial charge in [-0.1, -0.05) is 18.0 Å². The molecule has 1 fully saturated rings. The number of likely N-dealkylation sites (tertiary alicyclic amines) is 1. The maximum atomic E-state index is 12.1. The Labute approximate surface area is 99.5 Å². The lowest BCUT2D eigenvalue weighted by molar-refractivity contribution is 0.0689. The zero-order valence-corrected chi connectivity index (χ0v) is 9.82. The third-order valence-electron chi connectivity index (χ3n) is 2.97. The Balaban J connectivity index is 2.13. The van der Waals surface area contributed by atoms with E-state index in [2.05, 4.69) is 5.16 Å². The monoisotopic (exact) mass is 242 g/mol. The number of hydrogen-bond donors (Lipinski definition) is 0. The molecule has 2 heterocycles. The van der Waals surface area contributed by atoms with Crippen LogP contribution in [0.4, 0.5) is 0 Å². The van der Waals surface area contributed by atoms with E-state index in [1.165, 1.54) is 6.26 Å². The van der Waals surface area contributed by atoms with Crippen LogP contribution in [-0.4, -0.2) is 34.4 Å². The van der Waals surface area contributed by atoms with Gasteiger partial charge in [-0.05, 0) is 12.8 Å². The molecule has 1 aromatic heterocycles. The zero-order chi connectivity index (χ0) is 11.4. The van der Waals surface area contributed by atoms with Crippen molar-refractivity contribution in [3.05, 3.63) is 18.0 Å². The molecule has 0 aliphatic carbocycles. The van der Waals surface area contributed by atoms with Crippen LogP contribution in [0.3, 0.4) is 0 Å². The minimum atomic E-state index is -0.0682. The summed E-state index contributed by atoms with van der Waals surface area (Å²) in [6.07, 6.45) is 5.74. The molecule has 0 saturated carbocycles. The van der Waals surface area contributed by atoms with E-state index in [1.807, 2.05) is 4.90 Å². The molecule has 1 saturated heterocycles. The second kappa shape index (κ2) is 5.34. The van der Waals surface area contributed by atoms with Gasteiger partial charge in [0.25, 0.3) is 5.91 Å². The highest BCUT2D eigenvalue weighted by Gasteiger charge is 2.26. The highest BCUT2D eigenvalue weighted by Crippen LogP contribution is 2.19. The molecule has 0 bridgehead atoms. The van der Waals surface area contributed by atoms with Crippen molar-refractivity contribution in [1.29, 1.82) is 0 Å². The van der Waals surface area contributed by atoms with E-state index in [0.29, 0.717) is 11.6 Å². The average molecular weight is 243 g/mol. The minimum absolute atomic E-state index is 0.0682. The van der Waals surface area contributed by atoms with Crippen molar-refractivity contribution < 1.29 is 9.32 Å². The van der Waals surface area contributed by atoms with Crippen molar-refractivity contribution in [2.24, 2.45) is 0 Å². The van der Waals surface area contributed by atoms with Crippen molar-refractivity contribution >= 4 is 17.5 Å². The Hall–Kier alpha value is -1.03. The van der Waals surface area contributed by atoms with Gasteiger partial charge in [-0.2, -0.15) is 0 Å². The molecule has 0 radical (unpaired) electrons. The first-order chi connectivity index (χ1) is 7.83. The van der Waals surface area contributed by atoms with E-state index in [1.54, 1.807) is 6.07 Å². The summed E-state index contributed by atoms with van der Waals surface area (Å²) < 4.78 is 4.70. The lowest BCUT2D eigenvalue weighted by Gasteiger charge is -2.27. The van der Waals surface area contributed by atoms with Gasteiger partial charge in [-0.15, -0.1) is 11.6 Å². The summed E-state index contributed by atoms with van der Waals surface area (Å²) in [5.41, 5.74) is 0.372. The Morgan fingerprint density at radius 1 is 1.56 bits per heavy atom. The Morgan fingerprint density at radius 2 is 2.44 bits per heavy atom.